The predicted octanol–water partition coefficient (Wildman–Crippen LogP) is 12.4. The number of ether oxygens (including phenoxy) is 3. The second-order valence-electron chi connectivity index (χ2n) is 16.7. The molecule has 2 aliphatic rings. The van der Waals surface area contributed by atoms with Gasteiger partial charge in [-0.3, -0.25) is 0 Å². The molecule has 0 aromatic rings. The molecule has 0 aromatic heterocycles. The van der Waals surface area contributed by atoms with Gasteiger partial charge in [0.2, 0.25) is 0 Å². The second-order valence-corrected chi connectivity index (χ2v) is 16.7. The van der Waals surface area contributed by atoms with E-state index in [1.165, 1.54) is 89.9 Å². The molecule has 2 rings (SSSR count). The van der Waals surface area contributed by atoms with Gasteiger partial charge in [0.15, 0.2) is 0 Å². The summed E-state index contributed by atoms with van der Waals surface area (Å²) >= 11 is 0. The van der Waals surface area contributed by atoms with Crippen molar-refractivity contribution in [2.45, 2.75) is 185 Å². The molecule has 43 heavy (non-hydrogen) atoms. The fraction of sp³-hybridized carbons (Fsp3) is 1.00. The molecule has 260 valence electrons. The van der Waals surface area contributed by atoms with Crippen molar-refractivity contribution in [1.29, 1.82) is 0 Å². The van der Waals surface area contributed by atoms with E-state index in [2.05, 4.69) is 83.1 Å². The van der Waals surface area contributed by atoms with Gasteiger partial charge in [-0.1, -0.05) is 122 Å². The van der Waals surface area contributed by atoms with Crippen LogP contribution in [0, 0.1) is 47.3 Å². The molecule has 0 radical (unpaired) electrons. The maximum Gasteiger partial charge on any atom is 0.0580 e. The van der Waals surface area contributed by atoms with Crippen LogP contribution in [0.2, 0.25) is 0 Å². The minimum Gasteiger partial charge on any atom is -0.381 e. The van der Waals surface area contributed by atoms with E-state index in [0.29, 0.717) is 12.2 Å². The van der Waals surface area contributed by atoms with Gasteiger partial charge in [0.05, 0.1) is 12.2 Å². The lowest BCUT2D eigenvalue weighted by atomic mass is 9.78. The predicted molar refractivity (Wildman–Crippen MR) is 191 cm³/mol. The Labute approximate surface area is 272 Å². The zero-order valence-corrected chi connectivity index (χ0v) is 31.7. The van der Waals surface area contributed by atoms with Crippen LogP contribution in [0.1, 0.15) is 173 Å². The van der Waals surface area contributed by atoms with Gasteiger partial charge in [0.25, 0.3) is 0 Å². The van der Waals surface area contributed by atoms with Crippen molar-refractivity contribution in [1.82, 2.24) is 0 Å². The van der Waals surface area contributed by atoms with Crippen LogP contribution in [-0.4, -0.2) is 38.6 Å². The van der Waals surface area contributed by atoms with Crippen LogP contribution in [0.5, 0.6) is 0 Å². The van der Waals surface area contributed by atoms with E-state index >= 15 is 0 Å². The Balaban J connectivity index is 0.000000618. The summed E-state index contributed by atoms with van der Waals surface area (Å²) < 4.78 is 17.2. The van der Waals surface area contributed by atoms with Gasteiger partial charge in [0, 0.05) is 26.4 Å². The highest BCUT2D eigenvalue weighted by molar-refractivity contribution is 4.81. The second kappa shape index (κ2) is 27.0. The average Bonchev–Trinajstić information content (AvgIpc) is 2.84. The molecule has 2 saturated carbocycles. The Kier molecular flexibility index (Phi) is 27.0. The first kappa shape index (κ1) is 42.9. The molecule has 0 spiro atoms. The van der Waals surface area contributed by atoms with Crippen LogP contribution < -0.4 is 0 Å². The fourth-order valence-corrected chi connectivity index (χ4v) is 5.35. The summed E-state index contributed by atoms with van der Waals surface area (Å²) in [4.78, 5) is 0. The first-order valence-corrected chi connectivity index (χ1v) is 19.1. The number of rotatable bonds is 22. The molecule has 0 unspecified atom stereocenters. The van der Waals surface area contributed by atoms with Gasteiger partial charge >= 0.3 is 0 Å². The third-order valence-electron chi connectivity index (χ3n) is 8.95. The summed E-state index contributed by atoms with van der Waals surface area (Å²) in [5.74, 6) is 6.85. The molecule has 0 heterocycles. The van der Waals surface area contributed by atoms with Crippen molar-refractivity contribution in [3.8, 4) is 0 Å². The summed E-state index contributed by atoms with van der Waals surface area (Å²) in [6, 6.07) is 0. The van der Waals surface area contributed by atoms with E-state index in [1.807, 2.05) is 0 Å². The monoisotopic (exact) mass is 611 g/mol. The zero-order valence-electron chi connectivity index (χ0n) is 31.7. The normalized spacial score (nSPS) is 21.6. The third kappa shape index (κ3) is 29.1. The fourth-order valence-electron chi connectivity index (χ4n) is 5.35. The van der Waals surface area contributed by atoms with E-state index in [4.69, 9.17) is 14.2 Å². The lowest BCUT2D eigenvalue weighted by molar-refractivity contribution is -0.0371. The Morgan fingerprint density at radius 2 is 0.744 bits per heavy atom. The molecular formula is C40H82O3. The first-order valence-electron chi connectivity index (χ1n) is 19.1. The van der Waals surface area contributed by atoms with Gasteiger partial charge in [-0.15, -0.1) is 0 Å². The van der Waals surface area contributed by atoms with Gasteiger partial charge < -0.3 is 14.2 Å². The molecule has 0 atom stereocenters. The van der Waals surface area contributed by atoms with Crippen LogP contribution in [0.4, 0.5) is 0 Å². The molecule has 0 aromatic carbocycles. The van der Waals surface area contributed by atoms with Crippen molar-refractivity contribution in [2.75, 3.05) is 26.4 Å². The van der Waals surface area contributed by atoms with Gasteiger partial charge in [-0.2, -0.15) is 0 Å². The summed E-state index contributed by atoms with van der Waals surface area (Å²) in [5.41, 5.74) is 0. The topological polar surface area (TPSA) is 27.7 Å². The van der Waals surface area contributed by atoms with E-state index in [0.717, 1.165) is 73.8 Å². The summed E-state index contributed by atoms with van der Waals surface area (Å²) in [6.07, 6.45) is 19.6. The number of unbranched alkanes of at least 4 members (excludes halogenated alkanes) is 1. The van der Waals surface area contributed by atoms with E-state index in [1.54, 1.807) is 0 Å². The largest absolute Gasteiger partial charge is 0.381 e. The Hall–Kier alpha value is -0.120. The summed E-state index contributed by atoms with van der Waals surface area (Å²) in [7, 11) is 0. The third-order valence-corrected chi connectivity index (χ3v) is 8.95. The quantitative estimate of drug-likeness (QED) is 0.114. The van der Waals surface area contributed by atoms with Crippen LogP contribution >= 0.6 is 0 Å². The Bertz CT molecular complexity index is 520. The number of hydrogen-bond donors (Lipinski definition) is 0. The maximum atomic E-state index is 5.83. The standard InChI is InChI=1S/2C14H28O.C12H26O/c2*1-11(2)5-6-13-9-14(10-13)15-8-7-12(3)4;1-11(2)7-5-6-9-13-10-8-12(3)4/h2*11-14H,5-10H2,1-4H3;11-12H,5-10H2,1-4H3. The molecule has 2 fully saturated rings. The number of hydrogen-bond acceptors (Lipinski definition) is 3. The summed E-state index contributed by atoms with van der Waals surface area (Å²) in [5, 5.41) is 0. The first-order chi connectivity index (χ1) is 20.3. The minimum absolute atomic E-state index is 0.598. The van der Waals surface area contributed by atoms with Gasteiger partial charge in [-0.05, 0) is 98.7 Å². The highest BCUT2D eigenvalue weighted by Crippen LogP contribution is 2.35. The van der Waals surface area contributed by atoms with Gasteiger partial charge in [0.1, 0.15) is 0 Å². The molecule has 0 N–H and O–H groups in total. The Morgan fingerprint density at radius 3 is 1.09 bits per heavy atom. The lowest BCUT2D eigenvalue weighted by Crippen LogP contribution is -2.32. The molecular weight excluding hydrogens is 528 g/mol. The van der Waals surface area contributed by atoms with Crippen LogP contribution in [-0.2, 0) is 14.2 Å². The molecule has 0 aliphatic heterocycles. The molecule has 0 amide bonds. The van der Waals surface area contributed by atoms with E-state index in [-0.39, 0.29) is 0 Å². The molecule has 3 heteroatoms. The molecule has 0 saturated heterocycles. The Morgan fingerprint density at radius 1 is 0.395 bits per heavy atom. The van der Waals surface area contributed by atoms with Crippen LogP contribution in [0.15, 0.2) is 0 Å². The lowest BCUT2D eigenvalue weighted by Gasteiger charge is -2.35. The molecule has 3 nitrogen and oxygen atoms in total. The molecule has 2 aliphatic carbocycles. The zero-order chi connectivity index (χ0) is 32.6. The van der Waals surface area contributed by atoms with Crippen molar-refractivity contribution >= 4 is 0 Å². The molecule has 0 bridgehead atoms. The van der Waals surface area contributed by atoms with E-state index in [9.17, 15) is 0 Å². The smallest absolute Gasteiger partial charge is 0.0580 e. The van der Waals surface area contributed by atoms with Crippen LogP contribution in [0.3, 0.4) is 0 Å². The van der Waals surface area contributed by atoms with Crippen molar-refractivity contribution in [3.63, 3.8) is 0 Å². The van der Waals surface area contributed by atoms with Gasteiger partial charge in [-0.25, -0.2) is 0 Å². The van der Waals surface area contributed by atoms with Crippen molar-refractivity contribution in [3.05, 3.63) is 0 Å². The summed E-state index contributed by atoms with van der Waals surface area (Å²) in [6.45, 7) is 31.2. The average molecular weight is 611 g/mol. The van der Waals surface area contributed by atoms with Crippen molar-refractivity contribution in [2.24, 2.45) is 47.3 Å². The van der Waals surface area contributed by atoms with E-state index < -0.39 is 0 Å². The minimum atomic E-state index is 0.598. The van der Waals surface area contributed by atoms with Crippen LogP contribution in [0.25, 0.3) is 0 Å². The SMILES string of the molecule is CC(C)CCCCOCCC(C)C.CC(C)CCOC1CC(CCC(C)C)C1.CC(C)CCOC1CC(CCC(C)C)C1. The highest BCUT2D eigenvalue weighted by atomic mass is 16.5. The highest BCUT2D eigenvalue weighted by Gasteiger charge is 2.30. The van der Waals surface area contributed by atoms with Crippen molar-refractivity contribution < 1.29 is 14.2 Å². The maximum absolute atomic E-state index is 5.83.